The molecule has 0 aliphatic carbocycles. The van der Waals surface area contributed by atoms with Gasteiger partial charge in [-0.1, -0.05) is 17.7 Å². The number of hydrogen-bond donors (Lipinski definition) is 1. The van der Waals surface area contributed by atoms with Crippen molar-refractivity contribution in [2.24, 2.45) is 0 Å². The molecule has 0 unspecified atom stereocenters. The van der Waals surface area contributed by atoms with Crippen molar-refractivity contribution in [2.75, 3.05) is 12.4 Å². The molecule has 0 spiro atoms. The van der Waals surface area contributed by atoms with E-state index in [1.54, 1.807) is 43.7 Å². The third-order valence-electron chi connectivity index (χ3n) is 4.16. The first-order chi connectivity index (χ1) is 13.1. The number of aromatic nitrogens is 3. The molecule has 27 heavy (non-hydrogen) atoms. The fraction of sp³-hybridized carbons (Fsp3) is 0.0500. The van der Waals surface area contributed by atoms with E-state index in [0.29, 0.717) is 33.7 Å². The maximum absolute atomic E-state index is 14.9. The maximum atomic E-state index is 14.9. The number of benzene rings is 2. The van der Waals surface area contributed by atoms with E-state index < -0.39 is 11.6 Å². The summed E-state index contributed by atoms with van der Waals surface area (Å²) in [6.07, 6.45) is 3.25. The van der Waals surface area contributed by atoms with Crippen LogP contribution in [0.15, 0.2) is 54.9 Å². The molecular formula is C20H13ClF2N4. The van der Waals surface area contributed by atoms with Crippen molar-refractivity contribution >= 4 is 28.3 Å². The second-order valence-electron chi connectivity index (χ2n) is 5.87. The third kappa shape index (κ3) is 3.19. The van der Waals surface area contributed by atoms with Gasteiger partial charge in [-0.05, 0) is 47.5 Å². The number of hydrogen-bond acceptors (Lipinski definition) is 4. The molecule has 1 N–H and O–H groups in total. The van der Waals surface area contributed by atoms with E-state index in [9.17, 15) is 8.78 Å². The van der Waals surface area contributed by atoms with Gasteiger partial charge in [0.15, 0.2) is 5.82 Å². The molecule has 0 atom stereocenters. The van der Waals surface area contributed by atoms with Crippen LogP contribution in [0.1, 0.15) is 0 Å². The van der Waals surface area contributed by atoms with E-state index in [1.165, 1.54) is 18.2 Å². The highest BCUT2D eigenvalue weighted by Gasteiger charge is 2.15. The molecule has 4 rings (SSSR count). The zero-order valence-corrected chi connectivity index (χ0v) is 14.9. The van der Waals surface area contributed by atoms with Gasteiger partial charge in [0, 0.05) is 30.4 Å². The van der Waals surface area contributed by atoms with Crippen molar-refractivity contribution in [2.45, 2.75) is 0 Å². The predicted molar refractivity (Wildman–Crippen MR) is 103 cm³/mol. The number of nitrogens with one attached hydrogen (secondary N) is 1. The zero-order valence-electron chi connectivity index (χ0n) is 14.2. The molecule has 0 saturated heterocycles. The molecule has 0 saturated carbocycles. The normalized spacial score (nSPS) is 11.0. The predicted octanol–water partition coefficient (Wildman–Crippen LogP) is 5.33. The van der Waals surface area contributed by atoms with E-state index in [-0.39, 0.29) is 10.5 Å². The van der Waals surface area contributed by atoms with Gasteiger partial charge < -0.3 is 5.32 Å². The first-order valence-corrected chi connectivity index (χ1v) is 8.49. The van der Waals surface area contributed by atoms with Crippen LogP contribution < -0.4 is 5.32 Å². The van der Waals surface area contributed by atoms with Gasteiger partial charge in [0.25, 0.3) is 0 Å². The van der Waals surface area contributed by atoms with Crippen molar-refractivity contribution in [3.63, 3.8) is 0 Å². The van der Waals surface area contributed by atoms with E-state index in [0.717, 1.165) is 0 Å². The smallest absolute Gasteiger partial charge is 0.163 e. The molecule has 0 aliphatic heterocycles. The average Bonchev–Trinajstić information content (AvgIpc) is 2.70. The average molecular weight is 383 g/mol. The van der Waals surface area contributed by atoms with Gasteiger partial charge in [0.1, 0.15) is 23.0 Å². The van der Waals surface area contributed by atoms with E-state index in [2.05, 4.69) is 20.3 Å². The summed E-state index contributed by atoms with van der Waals surface area (Å²) in [6, 6.07) is 11.0. The molecular weight excluding hydrogens is 370 g/mol. The molecule has 2 aromatic heterocycles. The SMILES string of the molecule is CNc1nc(-c2cccnc2)nc2c(F)cc(-c3ccc(Cl)c(F)c3)cc12. The second kappa shape index (κ2) is 6.89. The van der Waals surface area contributed by atoms with Crippen LogP contribution in [0.5, 0.6) is 0 Å². The Morgan fingerprint density at radius 1 is 0.926 bits per heavy atom. The van der Waals surface area contributed by atoms with Crippen LogP contribution in [-0.4, -0.2) is 22.0 Å². The van der Waals surface area contributed by atoms with E-state index in [4.69, 9.17) is 11.6 Å². The fourth-order valence-electron chi connectivity index (χ4n) is 2.85. The molecule has 2 heterocycles. The molecule has 0 amide bonds. The van der Waals surface area contributed by atoms with Gasteiger partial charge in [-0.25, -0.2) is 18.7 Å². The van der Waals surface area contributed by atoms with Crippen LogP contribution in [-0.2, 0) is 0 Å². The Morgan fingerprint density at radius 3 is 2.44 bits per heavy atom. The van der Waals surface area contributed by atoms with Crippen molar-refractivity contribution < 1.29 is 8.78 Å². The monoisotopic (exact) mass is 382 g/mol. The summed E-state index contributed by atoms with van der Waals surface area (Å²) in [5, 5.41) is 3.48. The Bertz CT molecular complexity index is 1150. The van der Waals surface area contributed by atoms with Crippen LogP contribution in [0, 0.1) is 11.6 Å². The Hall–Kier alpha value is -3.12. The fourth-order valence-corrected chi connectivity index (χ4v) is 2.96. The number of nitrogens with zero attached hydrogens (tertiary/aromatic N) is 3. The molecule has 0 fully saturated rings. The minimum atomic E-state index is -0.563. The number of pyridine rings is 1. The first kappa shape index (κ1) is 17.3. The lowest BCUT2D eigenvalue weighted by molar-refractivity contribution is 0.628. The van der Waals surface area contributed by atoms with E-state index in [1.807, 2.05) is 0 Å². The van der Waals surface area contributed by atoms with Crippen molar-refractivity contribution in [3.8, 4) is 22.5 Å². The lowest BCUT2D eigenvalue weighted by Gasteiger charge is -2.11. The summed E-state index contributed by atoms with van der Waals surface area (Å²) in [5.74, 6) is -0.258. The Labute approximate surface area is 158 Å². The van der Waals surface area contributed by atoms with Gasteiger partial charge in [-0.3, -0.25) is 4.98 Å². The molecule has 7 heteroatoms. The lowest BCUT2D eigenvalue weighted by Crippen LogP contribution is -2.01. The minimum absolute atomic E-state index is 0.0142. The summed E-state index contributed by atoms with van der Waals surface area (Å²) in [6.45, 7) is 0. The molecule has 4 nitrogen and oxygen atoms in total. The third-order valence-corrected chi connectivity index (χ3v) is 4.47. The number of halogens is 3. The van der Waals surface area contributed by atoms with Crippen molar-refractivity contribution in [1.29, 1.82) is 0 Å². The van der Waals surface area contributed by atoms with E-state index >= 15 is 0 Å². The summed E-state index contributed by atoms with van der Waals surface area (Å²) < 4.78 is 28.7. The lowest BCUT2D eigenvalue weighted by atomic mass is 10.0. The zero-order chi connectivity index (χ0) is 19.0. The highest BCUT2D eigenvalue weighted by atomic mass is 35.5. The van der Waals surface area contributed by atoms with Crippen LogP contribution >= 0.6 is 11.6 Å². The summed E-state index contributed by atoms with van der Waals surface area (Å²) in [5.41, 5.74) is 1.87. The number of rotatable bonds is 3. The number of fused-ring (bicyclic) bond motifs is 1. The Kier molecular flexibility index (Phi) is 4.41. The Balaban J connectivity index is 1.93. The molecule has 4 aromatic rings. The standard InChI is InChI=1S/C20H13ClF2N4/c1-24-20-14-7-13(11-4-5-15(21)16(22)8-11)9-17(23)18(14)26-19(27-20)12-3-2-6-25-10-12/h2-10H,1H3,(H,24,26,27). The van der Waals surface area contributed by atoms with Crippen molar-refractivity contribution in [1.82, 2.24) is 15.0 Å². The molecule has 0 aliphatic rings. The highest BCUT2D eigenvalue weighted by Crippen LogP contribution is 2.32. The second-order valence-corrected chi connectivity index (χ2v) is 6.28. The quantitative estimate of drug-likeness (QED) is 0.520. The molecule has 0 bridgehead atoms. The van der Waals surface area contributed by atoms with Gasteiger partial charge >= 0.3 is 0 Å². The Morgan fingerprint density at radius 2 is 1.74 bits per heavy atom. The van der Waals surface area contributed by atoms with Gasteiger partial charge in [0.2, 0.25) is 0 Å². The number of anilines is 1. The molecule has 134 valence electrons. The first-order valence-electron chi connectivity index (χ1n) is 8.11. The molecule has 0 radical (unpaired) electrons. The molecule has 2 aromatic carbocycles. The van der Waals surface area contributed by atoms with Crippen molar-refractivity contribution in [3.05, 3.63) is 71.5 Å². The van der Waals surface area contributed by atoms with Gasteiger partial charge in [-0.2, -0.15) is 0 Å². The van der Waals surface area contributed by atoms with Crippen LogP contribution in [0.25, 0.3) is 33.4 Å². The summed E-state index contributed by atoms with van der Waals surface area (Å²) in [7, 11) is 1.70. The van der Waals surface area contributed by atoms with Gasteiger partial charge in [-0.15, -0.1) is 0 Å². The summed E-state index contributed by atoms with van der Waals surface area (Å²) >= 11 is 5.73. The topological polar surface area (TPSA) is 50.7 Å². The summed E-state index contributed by atoms with van der Waals surface area (Å²) in [4.78, 5) is 12.9. The largest absolute Gasteiger partial charge is 0.373 e. The van der Waals surface area contributed by atoms with Crippen LogP contribution in [0.3, 0.4) is 0 Å². The van der Waals surface area contributed by atoms with Gasteiger partial charge in [0.05, 0.1) is 5.02 Å². The highest BCUT2D eigenvalue weighted by molar-refractivity contribution is 6.30. The van der Waals surface area contributed by atoms with Crippen LogP contribution in [0.4, 0.5) is 14.6 Å². The maximum Gasteiger partial charge on any atom is 0.163 e. The minimum Gasteiger partial charge on any atom is -0.373 e. The van der Waals surface area contributed by atoms with Crippen LogP contribution in [0.2, 0.25) is 5.02 Å².